The van der Waals surface area contributed by atoms with Crippen LogP contribution in [0.4, 0.5) is 0 Å². The molecule has 1 amide bonds. The summed E-state index contributed by atoms with van der Waals surface area (Å²) in [5, 5.41) is 7.02. The van der Waals surface area contributed by atoms with Crippen LogP contribution in [0.25, 0.3) is 11.3 Å². The van der Waals surface area contributed by atoms with Gasteiger partial charge in [0, 0.05) is 6.42 Å². The maximum atomic E-state index is 11.3. The highest BCUT2D eigenvalue weighted by molar-refractivity contribution is 5.87. The Hall–Kier alpha value is -2.43. The number of nitrogens with one attached hydrogen (secondary N) is 1. The van der Waals surface area contributed by atoms with E-state index in [4.69, 9.17) is 0 Å². The first-order valence-electron chi connectivity index (χ1n) is 6.19. The quantitative estimate of drug-likeness (QED) is 0.884. The molecule has 0 saturated carbocycles. The normalized spacial score (nSPS) is 18.9. The van der Waals surface area contributed by atoms with Crippen LogP contribution in [0.15, 0.2) is 43.0 Å². The molecule has 0 fully saturated rings. The number of amides is 1. The molecule has 1 atom stereocenters. The number of hydrogen-bond donors (Lipinski definition) is 1. The van der Waals surface area contributed by atoms with Gasteiger partial charge in [-0.1, -0.05) is 18.2 Å². The van der Waals surface area contributed by atoms with Crippen LogP contribution in [0.3, 0.4) is 0 Å². The fourth-order valence-corrected chi connectivity index (χ4v) is 2.27. The standard InChI is InChI=1S/C14H14N4O/c1-10-13(6-7-14(19)17-10)11-2-4-12(5-3-11)18-9-15-8-16-18/h2-6,8-10H,7H2,1H3,(H,17,19). The zero-order valence-electron chi connectivity index (χ0n) is 10.6. The molecule has 2 heterocycles. The minimum absolute atomic E-state index is 0.0541. The maximum Gasteiger partial charge on any atom is 0.224 e. The fourth-order valence-electron chi connectivity index (χ4n) is 2.27. The van der Waals surface area contributed by atoms with Gasteiger partial charge >= 0.3 is 0 Å². The van der Waals surface area contributed by atoms with Crippen molar-refractivity contribution in [3.8, 4) is 5.69 Å². The van der Waals surface area contributed by atoms with Crippen LogP contribution in [0, 0.1) is 0 Å². The zero-order valence-corrected chi connectivity index (χ0v) is 10.6. The molecule has 1 unspecified atom stereocenters. The average Bonchev–Trinajstić information content (AvgIpc) is 2.93. The second-order valence-corrected chi connectivity index (χ2v) is 4.54. The number of rotatable bonds is 2. The Morgan fingerprint density at radius 3 is 2.74 bits per heavy atom. The Bertz CT molecular complexity index is 613. The lowest BCUT2D eigenvalue weighted by molar-refractivity contribution is -0.120. The van der Waals surface area contributed by atoms with Crippen molar-refractivity contribution in [1.29, 1.82) is 0 Å². The summed E-state index contributed by atoms with van der Waals surface area (Å²) in [6.07, 6.45) is 5.62. The molecule has 0 aliphatic carbocycles. The van der Waals surface area contributed by atoms with E-state index in [9.17, 15) is 4.79 Å². The van der Waals surface area contributed by atoms with Crippen LogP contribution in [0.2, 0.25) is 0 Å². The number of carbonyl (C=O) groups is 1. The molecule has 5 nitrogen and oxygen atoms in total. The Kier molecular flexibility index (Phi) is 2.87. The van der Waals surface area contributed by atoms with E-state index in [0.29, 0.717) is 6.42 Å². The van der Waals surface area contributed by atoms with Gasteiger partial charge in [0.15, 0.2) is 0 Å². The number of carbonyl (C=O) groups excluding carboxylic acids is 1. The molecule has 0 spiro atoms. The van der Waals surface area contributed by atoms with Crippen molar-refractivity contribution in [2.24, 2.45) is 0 Å². The highest BCUT2D eigenvalue weighted by Crippen LogP contribution is 2.23. The van der Waals surface area contributed by atoms with Crippen LogP contribution in [-0.2, 0) is 4.79 Å². The first kappa shape index (κ1) is 11.6. The summed E-state index contributed by atoms with van der Waals surface area (Å²) in [5.74, 6) is 0.0792. The largest absolute Gasteiger partial charge is 0.349 e. The third-order valence-corrected chi connectivity index (χ3v) is 3.24. The van der Waals surface area contributed by atoms with Gasteiger partial charge < -0.3 is 5.32 Å². The van der Waals surface area contributed by atoms with Gasteiger partial charge in [-0.3, -0.25) is 4.79 Å². The number of nitrogens with zero attached hydrogens (tertiary/aromatic N) is 3. The molecule has 1 aliphatic heterocycles. The molecule has 1 N–H and O–H groups in total. The Labute approximate surface area is 111 Å². The predicted octanol–water partition coefficient (Wildman–Crippen LogP) is 1.56. The van der Waals surface area contributed by atoms with Gasteiger partial charge in [-0.2, -0.15) is 5.10 Å². The smallest absolute Gasteiger partial charge is 0.224 e. The summed E-state index contributed by atoms with van der Waals surface area (Å²) < 4.78 is 1.71. The third-order valence-electron chi connectivity index (χ3n) is 3.24. The first-order chi connectivity index (χ1) is 9.24. The lowest BCUT2D eigenvalue weighted by Gasteiger charge is -2.22. The number of benzene rings is 1. The van der Waals surface area contributed by atoms with Crippen molar-refractivity contribution in [3.05, 3.63) is 48.6 Å². The molecule has 1 aromatic heterocycles. The molecule has 0 saturated heterocycles. The number of aromatic nitrogens is 3. The lowest BCUT2D eigenvalue weighted by Crippen LogP contribution is -2.36. The Balaban J connectivity index is 1.89. The monoisotopic (exact) mass is 254 g/mol. The molecule has 0 radical (unpaired) electrons. The van der Waals surface area contributed by atoms with E-state index in [-0.39, 0.29) is 11.9 Å². The van der Waals surface area contributed by atoms with Crippen LogP contribution >= 0.6 is 0 Å². The van der Waals surface area contributed by atoms with Crippen LogP contribution in [0.5, 0.6) is 0 Å². The van der Waals surface area contributed by atoms with Crippen LogP contribution < -0.4 is 5.32 Å². The highest BCUT2D eigenvalue weighted by atomic mass is 16.1. The average molecular weight is 254 g/mol. The van der Waals surface area contributed by atoms with Gasteiger partial charge in [-0.05, 0) is 30.2 Å². The number of hydrogen-bond acceptors (Lipinski definition) is 3. The van der Waals surface area contributed by atoms with E-state index in [1.54, 1.807) is 11.0 Å². The third kappa shape index (κ3) is 2.27. The van der Waals surface area contributed by atoms with Crippen molar-refractivity contribution < 1.29 is 4.79 Å². The summed E-state index contributed by atoms with van der Waals surface area (Å²) in [6, 6.07) is 8.12. The summed E-state index contributed by atoms with van der Waals surface area (Å²) in [6.45, 7) is 1.99. The van der Waals surface area contributed by atoms with Gasteiger partial charge in [0.1, 0.15) is 12.7 Å². The molecule has 1 aliphatic rings. The second kappa shape index (κ2) is 4.68. The van der Waals surface area contributed by atoms with Gasteiger partial charge in [0.25, 0.3) is 0 Å². The summed E-state index contributed by atoms with van der Waals surface area (Å²) in [4.78, 5) is 15.2. The van der Waals surface area contributed by atoms with E-state index in [2.05, 4.69) is 15.4 Å². The van der Waals surface area contributed by atoms with Crippen molar-refractivity contribution in [2.75, 3.05) is 0 Å². The van der Waals surface area contributed by atoms with Crippen molar-refractivity contribution >= 4 is 11.5 Å². The van der Waals surface area contributed by atoms with Crippen molar-refractivity contribution in [1.82, 2.24) is 20.1 Å². The molecule has 0 bridgehead atoms. The van der Waals surface area contributed by atoms with E-state index in [0.717, 1.165) is 16.8 Å². The fraction of sp³-hybridized carbons (Fsp3) is 0.214. The molecule has 5 heteroatoms. The van der Waals surface area contributed by atoms with E-state index >= 15 is 0 Å². The summed E-state index contributed by atoms with van der Waals surface area (Å²) in [5.41, 5.74) is 3.25. The molecule has 2 aromatic rings. The van der Waals surface area contributed by atoms with Crippen LogP contribution in [0.1, 0.15) is 18.9 Å². The van der Waals surface area contributed by atoms with Gasteiger partial charge in [0.2, 0.25) is 5.91 Å². The molecule has 96 valence electrons. The maximum absolute atomic E-state index is 11.3. The Morgan fingerprint density at radius 1 is 1.32 bits per heavy atom. The van der Waals surface area contributed by atoms with E-state index in [1.807, 2.05) is 37.3 Å². The highest BCUT2D eigenvalue weighted by Gasteiger charge is 2.18. The minimum Gasteiger partial charge on any atom is -0.349 e. The van der Waals surface area contributed by atoms with E-state index < -0.39 is 0 Å². The molecule has 1 aromatic carbocycles. The first-order valence-corrected chi connectivity index (χ1v) is 6.19. The van der Waals surface area contributed by atoms with Crippen molar-refractivity contribution in [3.63, 3.8) is 0 Å². The predicted molar refractivity (Wildman–Crippen MR) is 71.6 cm³/mol. The van der Waals surface area contributed by atoms with Crippen molar-refractivity contribution in [2.45, 2.75) is 19.4 Å². The topological polar surface area (TPSA) is 59.8 Å². The second-order valence-electron chi connectivity index (χ2n) is 4.54. The molecule has 3 rings (SSSR count). The summed E-state index contributed by atoms with van der Waals surface area (Å²) >= 11 is 0. The minimum atomic E-state index is 0.0541. The molecule has 19 heavy (non-hydrogen) atoms. The van der Waals surface area contributed by atoms with Gasteiger partial charge in [-0.25, -0.2) is 9.67 Å². The molecular weight excluding hydrogens is 240 g/mol. The molecular formula is C14H14N4O. The van der Waals surface area contributed by atoms with Gasteiger partial charge in [0.05, 0.1) is 11.7 Å². The lowest BCUT2D eigenvalue weighted by atomic mass is 9.95. The summed E-state index contributed by atoms with van der Waals surface area (Å²) in [7, 11) is 0. The van der Waals surface area contributed by atoms with Crippen LogP contribution in [-0.4, -0.2) is 26.7 Å². The van der Waals surface area contributed by atoms with E-state index in [1.165, 1.54) is 6.33 Å². The zero-order chi connectivity index (χ0) is 13.2. The SMILES string of the molecule is CC1NC(=O)CC=C1c1ccc(-n2cncn2)cc1. The Morgan fingerprint density at radius 2 is 2.11 bits per heavy atom. The van der Waals surface area contributed by atoms with Gasteiger partial charge in [-0.15, -0.1) is 0 Å².